The first-order valence-electron chi connectivity index (χ1n) is 6.00. The second kappa shape index (κ2) is 6.58. The van der Waals surface area contributed by atoms with Gasteiger partial charge in [0.15, 0.2) is 0 Å². The molecule has 1 aromatic rings. The molecule has 7 heteroatoms. The van der Waals surface area contributed by atoms with E-state index in [1.54, 1.807) is 17.8 Å². The summed E-state index contributed by atoms with van der Waals surface area (Å²) >= 11 is 2.98. The molecule has 2 N–H and O–H groups in total. The van der Waals surface area contributed by atoms with Gasteiger partial charge in [0.2, 0.25) is 10.0 Å². The van der Waals surface area contributed by atoms with Crippen LogP contribution >= 0.6 is 23.1 Å². The molecule has 0 spiro atoms. The van der Waals surface area contributed by atoms with Crippen LogP contribution in [0.4, 0.5) is 0 Å². The van der Waals surface area contributed by atoms with Gasteiger partial charge in [-0.1, -0.05) is 0 Å². The Kier molecular flexibility index (Phi) is 5.88. The van der Waals surface area contributed by atoms with Crippen molar-refractivity contribution in [2.45, 2.75) is 36.3 Å². The van der Waals surface area contributed by atoms with E-state index in [0.717, 1.165) is 10.4 Å². The summed E-state index contributed by atoms with van der Waals surface area (Å²) in [6.45, 7) is 7.10. The van der Waals surface area contributed by atoms with Gasteiger partial charge >= 0.3 is 0 Å². The van der Waals surface area contributed by atoms with Crippen molar-refractivity contribution in [1.82, 2.24) is 10.0 Å². The average molecular weight is 323 g/mol. The minimum absolute atomic E-state index is 0.104. The Bertz CT molecular complexity index is 521. The van der Waals surface area contributed by atoms with Crippen molar-refractivity contribution in [2.24, 2.45) is 0 Å². The van der Waals surface area contributed by atoms with Crippen LogP contribution in [0.3, 0.4) is 0 Å². The topological polar surface area (TPSA) is 58.2 Å². The van der Waals surface area contributed by atoms with Crippen molar-refractivity contribution in [1.29, 1.82) is 0 Å². The number of sulfonamides is 1. The molecule has 0 aromatic carbocycles. The molecule has 0 aliphatic rings. The Hall–Kier alpha value is -0.0800. The number of hydrogen-bond acceptors (Lipinski definition) is 5. The Morgan fingerprint density at radius 1 is 1.42 bits per heavy atom. The molecule has 4 nitrogen and oxygen atoms in total. The molecular weight excluding hydrogens is 300 g/mol. The summed E-state index contributed by atoms with van der Waals surface area (Å²) < 4.78 is 27.5. The van der Waals surface area contributed by atoms with E-state index in [1.807, 2.05) is 34.1 Å². The highest BCUT2D eigenvalue weighted by molar-refractivity contribution is 8.00. The lowest BCUT2D eigenvalue weighted by Crippen LogP contribution is -2.35. The molecule has 0 radical (unpaired) electrons. The molecule has 0 saturated carbocycles. The highest BCUT2D eigenvalue weighted by Crippen LogP contribution is 2.27. The zero-order chi connectivity index (χ0) is 14.7. The molecule has 0 aliphatic heterocycles. The lowest BCUT2D eigenvalue weighted by molar-refractivity contribution is 0.572. The number of thiophene rings is 1. The molecule has 0 aliphatic carbocycles. The van der Waals surface area contributed by atoms with Gasteiger partial charge in [-0.3, -0.25) is 0 Å². The van der Waals surface area contributed by atoms with Crippen molar-refractivity contribution in [3.63, 3.8) is 0 Å². The molecule has 0 fully saturated rings. The average Bonchev–Trinajstić information content (AvgIpc) is 2.70. The SMILES string of the molecule is CNCc1sc(S(=O)(=O)NCC(C)(C)SC)cc1C. The molecule has 0 unspecified atom stereocenters. The van der Waals surface area contributed by atoms with Crippen LogP contribution in [-0.2, 0) is 16.6 Å². The van der Waals surface area contributed by atoms with Gasteiger partial charge in [-0.2, -0.15) is 11.8 Å². The Labute approximate surface area is 124 Å². The molecule has 110 valence electrons. The van der Waals surface area contributed by atoms with Gasteiger partial charge in [-0.15, -0.1) is 11.3 Å². The Morgan fingerprint density at radius 3 is 2.58 bits per heavy atom. The third-order valence-corrected chi connectivity index (χ3v) is 7.20. The van der Waals surface area contributed by atoms with Gasteiger partial charge < -0.3 is 5.32 Å². The van der Waals surface area contributed by atoms with Crippen LogP contribution in [0.5, 0.6) is 0 Å². The summed E-state index contributed by atoms with van der Waals surface area (Å²) in [6.07, 6.45) is 1.98. The van der Waals surface area contributed by atoms with Crippen molar-refractivity contribution >= 4 is 33.1 Å². The fourth-order valence-corrected chi connectivity index (χ4v) is 4.53. The molecule has 0 bridgehead atoms. The van der Waals surface area contributed by atoms with E-state index in [-0.39, 0.29) is 4.75 Å². The molecule has 1 heterocycles. The number of aryl methyl sites for hydroxylation is 1. The smallest absolute Gasteiger partial charge is 0.250 e. The summed E-state index contributed by atoms with van der Waals surface area (Å²) in [7, 11) is -1.54. The van der Waals surface area contributed by atoms with Crippen LogP contribution in [0, 0.1) is 6.92 Å². The monoisotopic (exact) mass is 322 g/mol. The van der Waals surface area contributed by atoms with Crippen LogP contribution < -0.4 is 10.0 Å². The number of rotatable bonds is 7. The maximum atomic E-state index is 12.2. The minimum atomic E-state index is -3.40. The number of hydrogen-bond donors (Lipinski definition) is 2. The van der Waals surface area contributed by atoms with E-state index in [1.165, 1.54) is 11.3 Å². The lowest BCUT2D eigenvalue weighted by Gasteiger charge is -2.21. The van der Waals surface area contributed by atoms with Gasteiger partial charge in [0.1, 0.15) is 4.21 Å². The fourth-order valence-electron chi connectivity index (χ4n) is 1.37. The van der Waals surface area contributed by atoms with Gasteiger partial charge in [-0.05, 0) is 45.7 Å². The zero-order valence-corrected chi connectivity index (χ0v) is 14.5. The van der Waals surface area contributed by atoms with Crippen LogP contribution in [0.15, 0.2) is 10.3 Å². The number of nitrogens with one attached hydrogen (secondary N) is 2. The first-order chi connectivity index (χ1) is 8.72. The van der Waals surface area contributed by atoms with Crippen LogP contribution in [0.2, 0.25) is 0 Å². The predicted molar refractivity (Wildman–Crippen MR) is 84.6 cm³/mol. The van der Waals surface area contributed by atoms with Gasteiger partial charge in [0, 0.05) is 22.7 Å². The molecular formula is C12H22N2O2S3. The van der Waals surface area contributed by atoms with Crippen molar-refractivity contribution in [2.75, 3.05) is 19.8 Å². The van der Waals surface area contributed by atoms with E-state index in [4.69, 9.17) is 0 Å². The molecule has 0 saturated heterocycles. The third-order valence-electron chi connectivity index (χ3n) is 2.84. The summed E-state index contributed by atoms with van der Waals surface area (Å²) in [5.74, 6) is 0. The van der Waals surface area contributed by atoms with Crippen molar-refractivity contribution in [3.8, 4) is 0 Å². The van der Waals surface area contributed by atoms with E-state index >= 15 is 0 Å². The summed E-state index contributed by atoms with van der Waals surface area (Å²) in [5.41, 5.74) is 1.02. The Balaban J connectivity index is 2.86. The molecule has 0 amide bonds. The Morgan fingerprint density at radius 2 is 2.05 bits per heavy atom. The lowest BCUT2D eigenvalue weighted by atomic mass is 10.2. The first kappa shape index (κ1) is 17.0. The van der Waals surface area contributed by atoms with E-state index in [9.17, 15) is 8.42 Å². The van der Waals surface area contributed by atoms with Crippen molar-refractivity contribution < 1.29 is 8.42 Å². The zero-order valence-electron chi connectivity index (χ0n) is 12.0. The predicted octanol–water partition coefficient (Wildman–Crippen LogP) is 2.20. The quantitative estimate of drug-likeness (QED) is 0.808. The van der Waals surface area contributed by atoms with Gasteiger partial charge in [0.25, 0.3) is 0 Å². The summed E-state index contributed by atoms with van der Waals surface area (Å²) in [4.78, 5) is 1.06. The van der Waals surface area contributed by atoms with E-state index in [0.29, 0.717) is 17.3 Å². The molecule has 1 aromatic heterocycles. The highest BCUT2D eigenvalue weighted by atomic mass is 32.2. The normalized spacial score (nSPS) is 12.9. The summed E-state index contributed by atoms with van der Waals surface area (Å²) in [6, 6.07) is 1.74. The highest BCUT2D eigenvalue weighted by Gasteiger charge is 2.23. The van der Waals surface area contributed by atoms with E-state index in [2.05, 4.69) is 10.0 Å². The maximum absolute atomic E-state index is 12.2. The second-order valence-electron chi connectivity index (χ2n) is 4.99. The maximum Gasteiger partial charge on any atom is 0.250 e. The number of thioether (sulfide) groups is 1. The van der Waals surface area contributed by atoms with Crippen LogP contribution in [0.25, 0.3) is 0 Å². The van der Waals surface area contributed by atoms with Crippen LogP contribution in [-0.4, -0.2) is 33.0 Å². The van der Waals surface area contributed by atoms with Crippen molar-refractivity contribution in [3.05, 3.63) is 16.5 Å². The second-order valence-corrected chi connectivity index (χ2v) is 9.63. The largest absolute Gasteiger partial charge is 0.315 e. The van der Waals surface area contributed by atoms with Gasteiger partial charge in [0.05, 0.1) is 0 Å². The molecule has 19 heavy (non-hydrogen) atoms. The van der Waals surface area contributed by atoms with E-state index < -0.39 is 10.0 Å². The summed E-state index contributed by atoms with van der Waals surface area (Å²) in [5, 5.41) is 3.05. The first-order valence-corrected chi connectivity index (χ1v) is 9.53. The minimum Gasteiger partial charge on any atom is -0.315 e. The fraction of sp³-hybridized carbons (Fsp3) is 0.667. The van der Waals surface area contributed by atoms with Gasteiger partial charge in [-0.25, -0.2) is 13.1 Å². The van der Waals surface area contributed by atoms with Crippen LogP contribution in [0.1, 0.15) is 24.3 Å². The standard InChI is InChI=1S/C12H22N2O2S3/c1-9-6-11(18-10(9)7-13-4)19(15,16)14-8-12(2,3)17-5/h6,13-14H,7-8H2,1-5H3. The third kappa shape index (κ3) is 4.75. The molecule has 1 rings (SSSR count). The molecule has 0 atom stereocenters.